The quantitative estimate of drug-likeness (QED) is 0.468. The highest BCUT2D eigenvalue weighted by molar-refractivity contribution is 6.81. The van der Waals surface area contributed by atoms with Crippen molar-refractivity contribution in [2.24, 2.45) is 0 Å². The number of hydrogen-bond donors (Lipinski definition) is 0. The lowest BCUT2D eigenvalue weighted by molar-refractivity contribution is -0.0899. The second-order valence-corrected chi connectivity index (χ2v) is 9.84. The molecule has 0 aliphatic heterocycles. The Morgan fingerprint density at radius 2 is 1.27 bits per heavy atom. The van der Waals surface area contributed by atoms with Gasteiger partial charge in [0.2, 0.25) is 0 Å². The van der Waals surface area contributed by atoms with E-state index in [2.05, 4.69) is 41.5 Å². The molecule has 0 aromatic carbocycles. The van der Waals surface area contributed by atoms with Crippen molar-refractivity contribution in [1.82, 2.24) is 0 Å². The van der Waals surface area contributed by atoms with Crippen molar-refractivity contribution in [3.8, 4) is 0 Å². The van der Waals surface area contributed by atoms with E-state index in [1.165, 1.54) is 12.1 Å². The van der Waals surface area contributed by atoms with Gasteiger partial charge in [0.15, 0.2) is 0 Å². The van der Waals surface area contributed by atoms with Crippen LogP contribution in [0.3, 0.4) is 0 Å². The lowest BCUT2D eigenvalue weighted by atomic mass is 10.6. The van der Waals surface area contributed by atoms with Gasteiger partial charge in [-0.15, -0.1) is 0 Å². The van der Waals surface area contributed by atoms with Crippen molar-refractivity contribution < 1.29 is 9.47 Å². The molecule has 0 heterocycles. The smallest absolute Gasteiger partial charge is 0.141 e. The monoisotopic (exact) mass is 232 g/mol. The number of rotatable bonds is 8. The Morgan fingerprint density at radius 1 is 0.867 bits per heavy atom. The summed E-state index contributed by atoms with van der Waals surface area (Å²) in [5.41, 5.74) is 0.718. The highest BCUT2D eigenvalue weighted by Gasteiger charge is 2.42. The van der Waals surface area contributed by atoms with Crippen LogP contribution in [0.25, 0.3) is 0 Å². The van der Waals surface area contributed by atoms with Crippen LogP contribution in [-0.2, 0) is 9.47 Å². The van der Waals surface area contributed by atoms with E-state index in [0.717, 1.165) is 18.8 Å². The predicted octanol–water partition coefficient (Wildman–Crippen LogP) is 3.82. The summed E-state index contributed by atoms with van der Waals surface area (Å²) in [5.74, 6) is 0.0856. The van der Waals surface area contributed by atoms with E-state index in [1.807, 2.05) is 0 Å². The van der Waals surface area contributed by atoms with E-state index in [4.69, 9.17) is 9.47 Å². The van der Waals surface area contributed by atoms with Crippen LogP contribution in [0, 0.1) is 0 Å². The van der Waals surface area contributed by atoms with Gasteiger partial charge in [-0.3, -0.25) is 0 Å². The molecule has 0 saturated heterocycles. The van der Waals surface area contributed by atoms with Gasteiger partial charge in [-0.25, -0.2) is 0 Å². The third kappa shape index (κ3) is 3.57. The third-order valence-electron chi connectivity index (χ3n) is 3.57. The van der Waals surface area contributed by atoms with Gasteiger partial charge >= 0.3 is 0 Å². The maximum absolute atomic E-state index is 5.83. The molecular formula is C12H28O2Si. The molecule has 0 N–H and O–H groups in total. The summed E-state index contributed by atoms with van der Waals surface area (Å²) < 4.78 is 11.7. The molecule has 0 bridgehead atoms. The van der Waals surface area contributed by atoms with Crippen molar-refractivity contribution in [1.29, 1.82) is 0 Å². The molecule has 2 nitrogen and oxygen atoms in total. The molecule has 0 fully saturated rings. The summed E-state index contributed by atoms with van der Waals surface area (Å²) in [6, 6.07) is 2.48. The molecule has 3 heteroatoms. The first-order chi connectivity index (χ1) is 7.08. The van der Waals surface area contributed by atoms with E-state index >= 15 is 0 Å². The van der Waals surface area contributed by atoms with Gasteiger partial charge in [0.1, 0.15) is 14.0 Å². The Balaban J connectivity index is 4.79. The zero-order valence-corrected chi connectivity index (χ0v) is 12.3. The topological polar surface area (TPSA) is 18.5 Å². The molecular weight excluding hydrogens is 204 g/mol. The molecule has 92 valence electrons. The summed E-state index contributed by atoms with van der Waals surface area (Å²) in [6.07, 6.45) is 0. The van der Waals surface area contributed by atoms with Gasteiger partial charge in [-0.2, -0.15) is 0 Å². The molecule has 0 amide bonds. The predicted molar refractivity (Wildman–Crippen MR) is 68.9 cm³/mol. The average molecular weight is 232 g/mol. The summed E-state index contributed by atoms with van der Waals surface area (Å²) in [5, 5.41) is 0. The van der Waals surface area contributed by atoms with Gasteiger partial charge in [0, 0.05) is 13.2 Å². The van der Waals surface area contributed by atoms with Crippen LogP contribution >= 0.6 is 0 Å². The molecule has 0 aromatic heterocycles. The second kappa shape index (κ2) is 7.42. The van der Waals surface area contributed by atoms with Gasteiger partial charge in [0.25, 0.3) is 0 Å². The zero-order chi connectivity index (χ0) is 11.9. The van der Waals surface area contributed by atoms with E-state index in [0.29, 0.717) is 0 Å². The van der Waals surface area contributed by atoms with E-state index in [-0.39, 0.29) is 5.91 Å². The Morgan fingerprint density at radius 3 is 1.47 bits per heavy atom. The number of ether oxygens (including phenoxy) is 2. The standard InChI is InChI=1S/C12H28O2Si/c1-7-13-12(14-8-2)15(9-3,10-4)11(5)6/h11-12H,7-10H2,1-6H3. The maximum atomic E-state index is 5.83. The Kier molecular flexibility index (Phi) is 7.48. The summed E-state index contributed by atoms with van der Waals surface area (Å²) in [7, 11) is -1.44. The van der Waals surface area contributed by atoms with Gasteiger partial charge in [-0.05, 0) is 19.4 Å². The zero-order valence-electron chi connectivity index (χ0n) is 11.3. The first-order valence-electron chi connectivity index (χ1n) is 6.32. The second-order valence-electron chi connectivity index (χ2n) is 4.34. The normalized spacial score (nSPS) is 12.8. The minimum Gasteiger partial charge on any atom is -0.357 e. The molecule has 0 aromatic rings. The molecule has 0 unspecified atom stereocenters. The fourth-order valence-corrected chi connectivity index (χ4v) is 6.70. The minimum absolute atomic E-state index is 0.0856. The average Bonchev–Trinajstić information content (AvgIpc) is 2.20. The molecule has 0 spiro atoms. The van der Waals surface area contributed by atoms with Gasteiger partial charge in [-0.1, -0.05) is 39.8 Å². The van der Waals surface area contributed by atoms with Crippen LogP contribution in [0.1, 0.15) is 41.5 Å². The summed E-state index contributed by atoms with van der Waals surface area (Å²) >= 11 is 0. The summed E-state index contributed by atoms with van der Waals surface area (Å²) in [6.45, 7) is 14.8. The summed E-state index contributed by atoms with van der Waals surface area (Å²) in [4.78, 5) is 0. The first kappa shape index (κ1) is 15.1. The largest absolute Gasteiger partial charge is 0.357 e. The Labute approximate surface area is 96.4 Å². The Hall–Kier alpha value is 0.137. The third-order valence-corrected chi connectivity index (χ3v) is 9.78. The van der Waals surface area contributed by atoms with Crippen molar-refractivity contribution >= 4 is 8.07 Å². The molecule has 0 radical (unpaired) electrons. The van der Waals surface area contributed by atoms with Crippen molar-refractivity contribution in [2.45, 2.75) is 65.1 Å². The maximum Gasteiger partial charge on any atom is 0.141 e. The fraction of sp³-hybridized carbons (Fsp3) is 1.00. The van der Waals surface area contributed by atoms with Crippen LogP contribution in [0.15, 0.2) is 0 Å². The van der Waals surface area contributed by atoms with Crippen LogP contribution in [0.5, 0.6) is 0 Å². The fourth-order valence-electron chi connectivity index (χ4n) is 2.35. The highest BCUT2D eigenvalue weighted by Crippen LogP contribution is 2.34. The van der Waals surface area contributed by atoms with Crippen molar-refractivity contribution in [2.75, 3.05) is 13.2 Å². The number of hydrogen-bond acceptors (Lipinski definition) is 2. The molecule has 0 saturated carbocycles. The van der Waals surface area contributed by atoms with Crippen LogP contribution < -0.4 is 0 Å². The van der Waals surface area contributed by atoms with Gasteiger partial charge in [0.05, 0.1) is 0 Å². The SMILES string of the molecule is CCOC(OCC)[Si](CC)(CC)C(C)C. The van der Waals surface area contributed by atoms with E-state index in [9.17, 15) is 0 Å². The lowest BCUT2D eigenvalue weighted by Crippen LogP contribution is -2.52. The van der Waals surface area contributed by atoms with E-state index in [1.54, 1.807) is 0 Å². The molecule has 0 aliphatic rings. The van der Waals surface area contributed by atoms with Crippen LogP contribution in [-0.4, -0.2) is 27.2 Å². The molecule has 0 rings (SSSR count). The van der Waals surface area contributed by atoms with Crippen molar-refractivity contribution in [3.63, 3.8) is 0 Å². The lowest BCUT2D eigenvalue weighted by Gasteiger charge is -2.40. The molecule has 0 atom stereocenters. The minimum atomic E-state index is -1.44. The molecule has 0 aliphatic carbocycles. The first-order valence-corrected chi connectivity index (χ1v) is 8.89. The van der Waals surface area contributed by atoms with Crippen LogP contribution in [0.4, 0.5) is 0 Å². The highest BCUT2D eigenvalue weighted by atomic mass is 28.3. The molecule has 15 heavy (non-hydrogen) atoms. The van der Waals surface area contributed by atoms with E-state index < -0.39 is 8.07 Å². The Bertz CT molecular complexity index is 150. The van der Waals surface area contributed by atoms with Gasteiger partial charge < -0.3 is 9.47 Å². The van der Waals surface area contributed by atoms with Crippen molar-refractivity contribution in [3.05, 3.63) is 0 Å². The van der Waals surface area contributed by atoms with Crippen LogP contribution in [0.2, 0.25) is 17.6 Å².